The van der Waals surface area contributed by atoms with E-state index in [1.54, 1.807) is 24.1 Å². The molecule has 1 aromatic heterocycles. The van der Waals surface area contributed by atoms with Gasteiger partial charge in [-0.25, -0.2) is 14.4 Å². The summed E-state index contributed by atoms with van der Waals surface area (Å²) in [5.74, 6) is -5.63. The fraction of sp³-hybridized carbons (Fsp3) is 0.321. The second kappa shape index (κ2) is 28.9. The van der Waals surface area contributed by atoms with Gasteiger partial charge in [-0.05, 0) is 90.8 Å². The Kier molecular flexibility index (Phi) is 22.5. The summed E-state index contributed by atoms with van der Waals surface area (Å²) in [6, 6.07) is 39.6. The number of ether oxygens (including phenoxy) is 1. The Hall–Kier alpha value is -8.28. The average Bonchev–Trinajstić information content (AvgIpc) is 3.44. The summed E-state index contributed by atoms with van der Waals surface area (Å²) in [6.07, 6.45) is -8.22. The molecule has 0 bridgehead atoms. The molecule has 0 radical (unpaired) electrons. The molecule has 1 saturated heterocycles. The second-order valence-electron chi connectivity index (χ2n) is 18.4. The molecule has 0 saturated carbocycles. The van der Waals surface area contributed by atoms with E-state index in [1.807, 2.05) is 78.9 Å². The number of aliphatic hydroxyl groups excluding tert-OH is 1. The number of hydrogen-bond acceptors (Lipinski definition) is 11. The van der Waals surface area contributed by atoms with Crippen LogP contribution in [0.15, 0.2) is 132 Å². The number of alkyl halides is 6. The van der Waals surface area contributed by atoms with Crippen molar-refractivity contribution in [3.63, 3.8) is 0 Å². The fourth-order valence-corrected chi connectivity index (χ4v) is 8.24. The van der Waals surface area contributed by atoms with Gasteiger partial charge in [-0.2, -0.15) is 26.3 Å². The number of carbonyl (C=O) groups excluding carboxylic acids is 3. The van der Waals surface area contributed by atoms with E-state index in [2.05, 4.69) is 57.0 Å². The van der Waals surface area contributed by atoms with E-state index < -0.39 is 36.5 Å². The number of aromatic amines is 1. The molecule has 79 heavy (non-hydrogen) atoms. The maximum Gasteiger partial charge on any atom is 0.490 e. The number of carbonyl (C=O) groups is 5. The molecule has 422 valence electrons. The highest BCUT2D eigenvalue weighted by atomic mass is 19.4. The second-order valence-corrected chi connectivity index (χ2v) is 18.4. The topological polar surface area (TPSA) is 251 Å². The van der Waals surface area contributed by atoms with Crippen molar-refractivity contribution in [1.29, 1.82) is 0 Å². The van der Waals surface area contributed by atoms with Gasteiger partial charge in [0.25, 0.3) is 0 Å². The number of aromatic nitrogens is 1. The first-order valence-electron chi connectivity index (χ1n) is 24.8. The number of aromatic hydroxyl groups is 1. The number of benzene rings is 5. The third kappa shape index (κ3) is 19.9. The number of aliphatic carboxylic acids is 2. The number of nitrogens with zero attached hydrogens (tertiary/aromatic N) is 2. The molecule has 0 aliphatic carbocycles. The molecular formula is C56H60F6N6O11. The summed E-state index contributed by atoms with van der Waals surface area (Å²) in [4.78, 5) is 74.8. The van der Waals surface area contributed by atoms with E-state index in [-0.39, 0.29) is 41.7 Å². The lowest BCUT2D eigenvalue weighted by atomic mass is 10.0. The summed E-state index contributed by atoms with van der Waals surface area (Å²) in [5.41, 5.74) is 7.13. The Morgan fingerprint density at radius 3 is 1.97 bits per heavy atom. The van der Waals surface area contributed by atoms with Crippen molar-refractivity contribution in [1.82, 2.24) is 20.5 Å². The van der Waals surface area contributed by atoms with Crippen LogP contribution < -0.4 is 26.4 Å². The van der Waals surface area contributed by atoms with Gasteiger partial charge < -0.3 is 50.6 Å². The number of pyridine rings is 1. The zero-order valence-corrected chi connectivity index (χ0v) is 42.9. The zero-order chi connectivity index (χ0) is 57.9. The van der Waals surface area contributed by atoms with E-state index in [1.165, 1.54) is 12.1 Å². The van der Waals surface area contributed by atoms with Crippen molar-refractivity contribution in [2.24, 2.45) is 0 Å². The van der Waals surface area contributed by atoms with Crippen molar-refractivity contribution in [3.05, 3.63) is 160 Å². The van der Waals surface area contributed by atoms with Gasteiger partial charge in [0.05, 0.1) is 23.7 Å². The number of rotatable bonds is 18. The maximum atomic E-state index is 13.1. The quantitative estimate of drug-likeness (QED) is 0.0377. The predicted octanol–water partition coefficient (Wildman–Crippen LogP) is 8.39. The van der Waals surface area contributed by atoms with Crippen LogP contribution in [0.2, 0.25) is 0 Å². The van der Waals surface area contributed by atoms with Crippen molar-refractivity contribution in [3.8, 4) is 16.9 Å². The summed E-state index contributed by atoms with van der Waals surface area (Å²) in [5, 5.41) is 45.2. The number of aliphatic hydroxyl groups is 1. The van der Waals surface area contributed by atoms with E-state index in [9.17, 15) is 55.7 Å². The molecule has 3 amide bonds. The minimum absolute atomic E-state index is 0.00128. The number of para-hydroxylation sites is 1. The molecular weight excluding hydrogens is 1050 g/mol. The third-order valence-electron chi connectivity index (χ3n) is 12.5. The molecule has 2 heterocycles. The van der Waals surface area contributed by atoms with Gasteiger partial charge in [-0.15, -0.1) is 0 Å². The van der Waals surface area contributed by atoms with E-state index in [0.29, 0.717) is 67.5 Å². The SMILES string of the molecule is C[C@H](Cc1ccc(CCNC(=O)Cc2ccc(N(C)C(=O)CCN3CCC(OC(=O)Nc4ccccc4-c4ccccc4)CC3)cc2)cc1)NC[C@H](O)c1ccc(O)c2[nH]c(=O)ccc12.O=C(O)C(F)(F)F.O=C(O)C(F)(F)F. The Morgan fingerprint density at radius 1 is 0.772 bits per heavy atom. The van der Waals surface area contributed by atoms with Crippen molar-refractivity contribution >= 4 is 52.1 Å². The number of carboxylic acids is 2. The van der Waals surface area contributed by atoms with Crippen LogP contribution in [0.25, 0.3) is 22.0 Å². The number of H-pyrrole nitrogens is 1. The number of fused-ring (bicyclic) bond motifs is 1. The summed E-state index contributed by atoms with van der Waals surface area (Å²) < 4.78 is 69.2. The summed E-state index contributed by atoms with van der Waals surface area (Å²) >= 11 is 0. The number of amides is 3. The molecule has 5 aromatic carbocycles. The molecule has 8 N–H and O–H groups in total. The van der Waals surface area contributed by atoms with Crippen LogP contribution in [-0.2, 0) is 43.2 Å². The van der Waals surface area contributed by atoms with Gasteiger partial charge in [0.15, 0.2) is 0 Å². The third-order valence-corrected chi connectivity index (χ3v) is 12.5. The lowest BCUT2D eigenvalue weighted by Gasteiger charge is -2.31. The molecule has 1 aliphatic rings. The highest BCUT2D eigenvalue weighted by molar-refractivity contribution is 5.93. The van der Waals surface area contributed by atoms with Crippen molar-refractivity contribution < 1.29 is 75.5 Å². The highest BCUT2D eigenvalue weighted by Gasteiger charge is 2.39. The monoisotopic (exact) mass is 1110 g/mol. The highest BCUT2D eigenvalue weighted by Crippen LogP contribution is 2.30. The summed E-state index contributed by atoms with van der Waals surface area (Å²) in [7, 11) is 1.77. The number of nitrogens with one attached hydrogen (secondary N) is 4. The van der Waals surface area contributed by atoms with Gasteiger partial charge in [0.2, 0.25) is 17.4 Å². The largest absolute Gasteiger partial charge is 0.506 e. The first kappa shape index (κ1) is 61.6. The first-order valence-corrected chi connectivity index (χ1v) is 24.8. The van der Waals surface area contributed by atoms with Gasteiger partial charge in [0.1, 0.15) is 11.9 Å². The van der Waals surface area contributed by atoms with E-state index in [4.69, 9.17) is 24.5 Å². The molecule has 7 rings (SSSR count). The van der Waals surface area contributed by atoms with Crippen LogP contribution in [0.1, 0.15) is 54.5 Å². The molecule has 17 nitrogen and oxygen atoms in total. The number of piperidine rings is 1. The smallest absolute Gasteiger partial charge is 0.490 e. The standard InChI is InChI=1S/C52H58N6O7.2C2HF3O2/c1-35(54-34-47(60)43-20-22-46(59)51-44(43)21-23-48(61)56-51)32-37-14-12-36(13-15-37)24-28-53-49(62)33-38-16-18-40(19-17-38)57(2)50(63)27-31-58-29-25-41(26-30-58)65-52(64)55-45-11-7-6-10-42(45)39-8-4-3-5-9-39;2*3-2(4,5)1(6)7/h3-23,35,41,47,54,59-60H,24-34H2,1-2H3,(H,53,62)(H,55,64)(H,56,61);2*(H,6,7)/t35-,47+;;/m1../s1. The number of anilines is 2. The van der Waals surface area contributed by atoms with Gasteiger partial charge in [0, 0.05) is 74.9 Å². The minimum Gasteiger partial charge on any atom is -0.506 e. The van der Waals surface area contributed by atoms with Gasteiger partial charge >= 0.3 is 30.4 Å². The normalized spacial score (nSPS) is 13.6. The average molecular weight is 1110 g/mol. The molecule has 0 spiro atoms. The number of likely N-dealkylation sites (tertiary alicyclic amines) is 1. The molecule has 1 aliphatic heterocycles. The first-order chi connectivity index (χ1) is 37.4. The number of phenolic OH excluding ortho intramolecular Hbond substituents is 1. The van der Waals surface area contributed by atoms with Gasteiger partial charge in [-0.1, -0.05) is 91.0 Å². The molecule has 2 atom stereocenters. The fourth-order valence-electron chi connectivity index (χ4n) is 8.24. The van der Waals surface area contributed by atoms with Crippen LogP contribution >= 0.6 is 0 Å². The number of phenols is 1. The summed E-state index contributed by atoms with van der Waals surface area (Å²) in [6.45, 7) is 4.95. The minimum atomic E-state index is -5.08. The Morgan fingerprint density at radius 2 is 1.35 bits per heavy atom. The van der Waals surface area contributed by atoms with E-state index in [0.717, 1.165) is 53.0 Å². The number of halogens is 6. The molecule has 6 aromatic rings. The van der Waals surface area contributed by atoms with Crippen molar-refractivity contribution in [2.75, 3.05) is 50.0 Å². The van der Waals surface area contributed by atoms with Gasteiger partial charge in [-0.3, -0.25) is 19.7 Å². The maximum absolute atomic E-state index is 13.1. The van der Waals surface area contributed by atoms with Crippen LogP contribution in [0.4, 0.5) is 42.5 Å². The predicted molar refractivity (Wildman–Crippen MR) is 283 cm³/mol. The molecule has 0 unspecified atom stereocenters. The number of hydrogen-bond donors (Lipinski definition) is 8. The lowest BCUT2D eigenvalue weighted by molar-refractivity contribution is -0.193. The Labute approximate surface area is 449 Å². The van der Waals surface area contributed by atoms with Crippen molar-refractivity contribution in [2.45, 2.75) is 76.1 Å². The Balaban J connectivity index is 0.000000725. The molecule has 1 fully saturated rings. The van der Waals surface area contributed by atoms with Crippen LogP contribution in [0.5, 0.6) is 5.75 Å². The van der Waals surface area contributed by atoms with Crippen LogP contribution in [0, 0.1) is 0 Å². The van der Waals surface area contributed by atoms with Crippen LogP contribution in [-0.4, -0.2) is 124 Å². The zero-order valence-electron chi connectivity index (χ0n) is 42.9. The molecule has 23 heteroatoms. The van der Waals surface area contributed by atoms with E-state index >= 15 is 0 Å². The Bertz CT molecular complexity index is 3020. The van der Waals surface area contributed by atoms with Crippen LogP contribution in [0.3, 0.4) is 0 Å². The lowest BCUT2D eigenvalue weighted by Crippen LogP contribution is -2.40. The number of carboxylic acid groups (broad SMARTS) is 2.